The molecule has 1 aliphatic rings. The summed E-state index contributed by atoms with van der Waals surface area (Å²) in [7, 11) is 1.51. The van der Waals surface area contributed by atoms with Crippen LogP contribution in [0, 0.1) is 0 Å². The van der Waals surface area contributed by atoms with Crippen LogP contribution in [0.1, 0.15) is 23.6 Å². The van der Waals surface area contributed by atoms with Gasteiger partial charge >= 0.3 is 73.2 Å². The topological polar surface area (TPSA) is 0 Å². The molecule has 0 fully saturated rings. The molecule has 0 spiro atoms. The molecule has 9 heavy (non-hydrogen) atoms. The molecule has 1 unspecified atom stereocenters. The van der Waals surface area contributed by atoms with E-state index in [9.17, 15) is 0 Å². The third-order valence-corrected chi connectivity index (χ3v) is 4.25. The molecule has 1 rings (SSSR count). The van der Waals surface area contributed by atoms with Crippen LogP contribution in [0.4, 0.5) is 0 Å². The molecule has 0 radical (unpaired) electrons. The average molecular weight is 172 g/mol. The Balaban J connectivity index is 0. The minimum Gasteiger partial charge on any atom is -1.00 e. The van der Waals surface area contributed by atoms with E-state index in [2.05, 4.69) is 26.8 Å². The van der Waals surface area contributed by atoms with E-state index in [1.807, 2.05) is 24.4 Å². The summed E-state index contributed by atoms with van der Waals surface area (Å²) in [6.45, 7) is 6.75. The first-order chi connectivity index (χ1) is 4.02. The molecule has 1 atom stereocenters. The maximum atomic E-state index is 2.32. The van der Waals surface area contributed by atoms with Crippen molar-refractivity contribution >= 4 is 13.5 Å². The molecule has 0 nitrogen and oxygen atoms in total. The largest absolute Gasteiger partial charge is 1.00 e. The third kappa shape index (κ3) is 1.62. The van der Waals surface area contributed by atoms with Crippen molar-refractivity contribution < 1.29 is 27.2 Å². The van der Waals surface area contributed by atoms with Gasteiger partial charge in [-0.15, -0.1) is 0 Å². The van der Waals surface area contributed by atoms with Gasteiger partial charge in [-0.1, -0.05) is 0 Å². The standard InChI is InChI=1S/C7H10P.Sc.2H/c1-5-4-6(2)8-7(5)3;;;/h4H,1-3H3;;;/q;+2;2*-1. The monoisotopic (exact) mass is 172 g/mol. The van der Waals surface area contributed by atoms with Crippen molar-refractivity contribution in [2.75, 3.05) is 0 Å². The fourth-order valence-electron chi connectivity index (χ4n) is 0.946. The summed E-state index contributed by atoms with van der Waals surface area (Å²) < 4.78 is 0.483. The molecule has 0 aliphatic carbocycles. The Morgan fingerprint density at radius 3 is 2.33 bits per heavy atom. The summed E-state index contributed by atoms with van der Waals surface area (Å²) in [6, 6.07) is 0. The van der Waals surface area contributed by atoms with Gasteiger partial charge in [-0.3, -0.25) is 0 Å². The predicted octanol–water partition coefficient (Wildman–Crippen LogP) is 2.57. The van der Waals surface area contributed by atoms with E-state index in [-0.39, 0.29) is 2.85 Å². The Labute approximate surface area is 76.1 Å². The molecular formula is C7H12PSc. The number of allylic oxidation sites excluding steroid dienone is 2. The fourth-order valence-corrected chi connectivity index (χ4v) is 3.26. The second-order valence-electron chi connectivity index (χ2n) is 2.73. The van der Waals surface area contributed by atoms with Crippen LogP contribution in [-0.2, 0) is 24.4 Å². The Hall–Kier alpha value is 0.780. The van der Waals surface area contributed by atoms with E-state index < -0.39 is 0 Å². The Morgan fingerprint density at radius 1 is 1.67 bits per heavy atom. The molecule has 0 amide bonds. The predicted molar refractivity (Wildman–Crippen MR) is 42.0 cm³/mol. The summed E-state index contributed by atoms with van der Waals surface area (Å²) in [5.41, 5.74) is 1.54. The molecule has 0 N–H and O–H groups in total. The number of hydrogen-bond donors (Lipinski definition) is 0. The molecular weight excluding hydrogens is 160 g/mol. The van der Waals surface area contributed by atoms with Crippen LogP contribution in [-0.4, -0.2) is 8.21 Å². The minimum absolute atomic E-state index is 0. The molecule has 48 valence electrons. The first-order valence-corrected chi connectivity index (χ1v) is 4.86. The molecule has 0 saturated carbocycles. The van der Waals surface area contributed by atoms with Gasteiger partial charge in [0.15, 0.2) is 0 Å². The summed E-state index contributed by atoms with van der Waals surface area (Å²) in [4.78, 5) is 0. The molecule has 1 heterocycles. The van der Waals surface area contributed by atoms with Crippen LogP contribution in [0.3, 0.4) is 0 Å². The van der Waals surface area contributed by atoms with Crippen LogP contribution in [0.2, 0.25) is 0 Å². The number of hydrogen-bond acceptors (Lipinski definition) is 0. The van der Waals surface area contributed by atoms with Crippen molar-refractivity contribution in [3.05, 3.63) is 11.6 Å². The van der Waals surface area contributed by atoms with E-state index in [1.54, 1.807) is 5.57 Å². The second kappa shape index (κ2) is 2.43. The van der Waals surface area contributed by atoms with Crippen molar-refractivity contribution in [2.45, 2.75) is 23.7 Å². The van der Waals surface area contributed by atoms with Gasteiger partial charge in [0.25, 0.3) is 0 Å². The molecule has 0 aromatic rings. The van der Waals surface area contributed by atoms with Gasteiger partial charge in [-0.2, -0.15) is 0 Å². The van der Waals surface area contributed by atoms with Crippen LogP contribution < -0.4 is 0 Å². The maximum absolute atomic E-state index is 2.32. The van der Waals surface area contributed by atoms with Gasteiger partial charge in [0.05, 0.1) is 0 Å². The van der Waals surface area contributed by atoms with Crippen molar-refractivity contribution in [3.63, 3.8) is 0 Å². The van der Waals surface area contributed by atoms with Gasteiger partial charge in [0.1, 0.15) is 0 Å². The summed E-state index contributed by atoms with van der Waals surface area (Å²) in [5, 5.41) is 1.51. The zero-order valence-corrected chi connectivity index (χ0v) is 8.80. The summed E-state index contributed by atoms with van der Waals surface area (Å²) >= 11 is 1.84. The molecule has 2 heteroatoms. The van der Waals surface area contributed by atoms with Crippen LogP contribution in [0.5, 0.6) is 0 Å². The van der Waals surface area contributed by atoms with E-state index in [0.717, 1.165) is 0 Å². The van der Waals surface area contributed by atoms with E-state index in [4.69, 9.17) is 0 Å². The Bertz CT molecular complexity index is 197. The smallest absolute Gasteiger partial charge is 1.00 e. The van der Waals surface area contributed by atoms with Crippen molar-refractivity contribution in [1.29, 1.82) is 0 Å². The normalized spacial score (nSPS) is 36.1. The van der Waals surface area contributed by atoms with Crippen molar-refractivity contribution in [2.24, 2.45) is 0 Å². The average Bonchev–Trinajstić information content (AvgIpc) is 1.79. The molecule has 0 bridgehead atoms. The second-order valence-corrected chi connectivity index (χ2v) is 7.15. The van der Waals surface area contributed by atoms with E-state index in [1.165, 1.54) is 13.5 Å². The third-order valence-electron chi connectivity index (χ3n) is 1.63. The summed E-state index contributed by atoms with van der Waals surface area (Å²) in [5.74, 6) is 0. The van der Waals surface area contributed by atoms with Gasteiger partial charge in [-0.25, -0.2) is 0 Å². The van der Waals surface area contributed by atoms with Crippen LogP contribution in [0.15, 0.2) is 11.6 Å². The maximum Gasteiger partial charge on any atom is -1.00 e. The summed E-state index contributed by atoms with van der Waals surface area (Å²) in [6.07, 6.45) is 2.31. The SMILES string of the molecule is CC1=CC(C)=P[C]1(C)[Sc+2].[H-].[H-]. The minimum atomic E-state index is 0. The number of rotatable bonds is 0. The van der Waals surface area contributed by atoms with Crippen molar-refractivity contribution in [1.82, 2.24) is 0 Å². The molecule has 0 aromatic heterocycles. The Morgan fingerprint density at radius 2 is 2.22 bits per heavy atom. The van der Waals surface area contributed by atoms with Crippen LogP contribution in [0.25, 0.3) is 0 Å². The van der Waals surface area contributed by atoms with E-state index >= 15 is 0 Å². The van der Waals surface area contributed by atoms with Gasteiger partial charge < -0.3 is 2.85 Å². The fraction of sp³-hybridized carbons (Fsp3) is 0.571. The van der Waals surface area contributed by atoms with Gasteiger partial charge in [0, 0.05) is 0 Å². The molecule has 1 aliphatic heterocycles. The van der Waals surface area contributed by atoms with Gasteiger partial charge in [-0.05, 0) is 0 Å². The first kappa shape index (κ1) is 7.88. The molecule has 0 aromatic carbocycles. The van der Waals surface area contributed by atoms with Crippen molar-refractivity contribution in [3.8, 4) is 0 Å². The Kier molecular flexibility index (Phi) is 2.13. The first-order valence-electron chi connectivity index (χ1n) is 3.06. The van der Waals surface area contributed by atoms with Crippen LogP contribution >= 0.6 is 8.20 Å². The quantitative estimate of drug-likeness (QED) is 0.492. The zero-order chi connectivity index (χ0) is 7.07. The van der Waals surface area contributed by atoms with Gasteiger partial charge in [0.2, 0.25) is 0 Å². The zero-order valence-electron chi connectivity index (χ0n) is 8.10. The molecule has 0 saturated heterocycles. The van der Waals surface area contributed by atoms with E-state index in [0.29, 0.717) is 2.91 Å².